The molecular weight excluding hydrogens is 326 g/mol. The Bertz CT molecular complexity index is 568. The van der Waals surface area contributed by atoms with E-state index in [0.717, 1.165) is 16.6 Å². The molecule has 2 aromatic carbocycles. The van der Waals surface area contributed by atoms with E-state index in [4.69, 9.17) is 4.74 Å². The highest BCUT2D eigenvalue weighted by molar-refractivity contribution is 9.10. The summed E-state index contributed by atoms with van der Waals surface area (Å²) in [5.41, 5.74) is 2.61. The Morgan fingerprint density at radius 3 is 2.43 bits per heavy atom. The Morgan fingerprint density at radius 1 is 1.10 bits per heavy atom. The molecule has 0 bridgehead atoms. The molecule has 2 rings (SSSR count). The van der Waals surface area contributed by atoms with Crippen LogP contribution in [0.5, 0.6) is 5.75 Å². The van der Waals surface area contributed by atoms with Gasteiger partial charge in [-0.05, 0) is 55.7 Å². The Hall–Kier alpha value is -1.32. The number of rotatable bonds is 6. The average molecular weight is 348 g/mol. The molecule has 21 heavy (non-hydrogen) atoms. The Labute approximate surface area is 135 Å². The summed E-state index contributed by atoms with van der Waals surface area (Å²) < 4.78 is 6.31. The SMILES string of the molecule is COc1ccc(CC(C)N[C@@H](C)c2cccc(Br)c2)cc1. The third-order valence-corrected chi connectivity index (χ3v) is 4.08. The number of halogens is 1. The van der Waals surface area contributed by atoms with Gasteiger partial charge in [-0.2, -0.15) is 0 Å². The lowest BCUT2D eigenvalue weighted by molar-refractivity contribution is 0.414. The van der Waals surface area contributed by atoms with Crippen molar-refractivity contribution in [3.63, 3.8) is 0 Å². The van der Waals surface area contributed by atoms with E-state index in [2.05, 4.69) is 71.5 Å². The van der Waals surface area contributed by atoms with E-state index in [9.17, 15) is 0 Å². The summed E-state index contributed by atoms with van der Waals surface area (Å²) in [4.78, 5) is 0. The molecule has 0 saturated heterocycles. The number of hydrogen-bond acceptors (Lipinski definition) is 2. The van der Waals surface area contributed by atoms with Gasteiger partial charge in [0.1, 0.15) is 5.75 Å². The van der Waals surface area contributed by atoms with Crippen molar-refractivity contribution in [1.29, 1.82) is 0 Å². The van der Waals surface area contributed by atoms with E-state index in [0.29, 0.717) is 12.1 Å². The monoisotopic (exact) mass is 347 g/mol. The van der Waals surface area contributed by atoms with Crippen molar-refractivity contribution in [2.75, 3.05) is 7.11 Å². The molecule has 0 aromatic heterocycles. The van der Waals surface area contributed by atoms with Crippen LogP contribution < -0.4 is 10.1 Å². The molecule has 0 radical (unpaired) electrons. The van der Waals surface area contributed by atoms with E-state index in [-0.39, 0.29) is 0 Å². The van der Waals surface area contributed by atoms with Crippen LogP contribution in [0, 0.1) is 0 Å². The first-order chi connectivity index (χ1) is 10.1. The zero-order chi connectivity index (χ0) is 15.2. The van der Waals surface area contributed by atoms with Gasteiger partial charge in [0.15, 0.2) is 0 Å². The van der Waals surface area contributed by atoms with Crippen LogP contribution in [0.15, 0.2) is 53.0 Å². The van der Waals surface area contributed by atoms with Crippen LogP contribution in [0.4, 0.5) is 0 Å². The highest BCUT2D eigenvalue weighted by Gasteiger charge is 2.10. The van der Waals surface area contributed by atoms with Gasteiger partial charge in [-0.3, -0.25) is 0 Å². The van der Waals surface area contributed by atoms with Crippen molar-refractivity contribution in [2.24, 2.45) is 0 Å². The topological polar surface area (TPSA) is 21.3 Å². The fraction of sp³-hybridized carbons (Fsp3) is 0.333. The third-order valence-electron chi connectivity index (χ3n) is 3.58. The molecule has 112 valence electrons. The van der Waals surface area contributed by atoms with Gasteiger partial charge in [0, 0.05) is 16.6 Å². The second-order valence-electron chi connectivity index (χ2n) is 5.40. The Kier molecular flexibility index (Phi) is 5.83. The summed E-state index contributed by atoms with van der Waals surface area (Å²) >= 11 is 3.52. The maximum absolute atomic E-state index is 5.19. The van der Waals surface area contributed by atoms with Crippen LogP contribution in [0.3, 0.4) is 0 Å². The Morgan fingerprint density at radius 2 is 1.81 bits per heavy atom. The summed E-state index contributed by atoms with van der Waals surface area (Å²) in [6, 6.07) is 17.5. The predicted octanol–water partition coefficient (Wildman–Crippen LogP) is 4.74. The first-order valence-electron chi connectivity index (χ1n) is 7.23. The maximum atomic E-state index is 5.19. The van der Waals surface area contributed by atoms with Gasteiger partial charge in [-0.1, -0.05) is 40.2 Å². The first-order valence-corrected chi connectivity index (χ1v) is 8.02. The molecule has 0 fully saturated rings. The quantitative estimate of drug-likeness (QED) is 0.814. The molecule has 3 heteroatoms. The second-order valence-corrected chi connectivity index (χ2v) is 6.31. The molecule has 2 nitrogen and oxygen atoms in total. The number of benzene rings is 2. The molecule has 0 heterocycles. The van der Waals surface area contributed by atoms with Crippen LogP contribution >= 0.6 is 15.9 Å². The first kappa shape index (κ1) is 16.1. The number of nitrogens with one attached hydrogen (secondary N) is 1. The van der Waals surface area contributed by atoms with E-state index < -0.39 is 0 Å². The molecule has 0 aliphatic rings. The van der Waals surface area contributed by atoms with Crippen LogP contribution in [-0.2, 0) is 6.42 Å². The van der Waals surface area contributed by atoms with Gasteiger partial charge in [0.25, 0.3) is 0 Å². The largest absolute Gasteiger partial charge is 0.497 e. The van der Waals surface area contributed by atoms with Crippen LogP contribution in [0.1, 0.15) is 31.0 Å². The zero-order valence-corrected chi connectivity index (χ0v) is 14.4. The molecular formula is C18H22BrNO. The third kappa shape index (κ3) is 4.87. The van der Waals surface area contributed by atoms with Crippen molar-refractivity contribution in [2.45, 2.75) is 32.4 Å². The van der Waals surface area contributed by atoms with Crippen molar-refractivity contribution in [1.82, 2.24) is 5.32 Å². The molecule has 0 aliphatic carbocycles. The second kappa shape index (κ2) is 7.62. The van der Waals surface area contributed by atoms with Crippen LogP contribution in [-0.4, -0.2) is 13.2 Å². The molecule has 1 N–H and O–H groups in total. The molecule has 1 unspecified atom stereocenters. The molecule has 0 amide bonds. The number of hydrogen-bond donors (Lipinski definition) is 1. The van der Waals surface area contributed by atoms with Gasteiger partial charge in [-0.25, -0.2) is 0 Å². The van der Waals surface area contributed by atoms with E-state index in [1.807, 2.05) is 12.1 Å². The number of ether oxygens (including phenoxy) is 1. The predicted molar refractivity (Wildman–Crippen MR) is 91.9 cm³/mol. The molecule has 2 aromatic rings. The minimum absolute atomic E-state index is 0.329. The van der Waals surface area contributed by atoms with Gasteiger partial charge >= 0.3 is 0 Å². The fourth-order valence-corrected chi connectivity index (χ4v) is 2.89. The summed E-state index contributed by atoms with van der Waals surface area (Å²) in [5.74, 6) is 0.905. The van der Waals surface area contributed by atoms with E-state index in [1.54, 1.807) is 7.11 Å². The lowest BCUT2D eigenvalue weighted by Crippen LogP contribution is -2.30. The van der Waals surface area contributed by atoms with Crippen molar-refractivity contribution in [3.05, 3.63) is 64.1 Å². The maximum Gasteiger partial charge on any atom is 0.118 e. The smallest absolute Gasteiger partial charge is 0.118 e. The molecule has 0 aliphatic heterocycles. The van der Waals surface area contributed by atoms with Crippen molar-refractivity contribution in [3.8, 4) is 5.75 Å². The normalized spacial score (nSPS) is 13.7. The zero-order valence-electron chi connectivity index (χ0n) is 12.8. The van der Waals surface area contributed by atoms with Gasteiger partial charge < -0.3 is 10.1 Å². The summed E-state index contributed by atoms with van der Waals surface area (Å²) in [6.07, 6.45) is 1.00. The van der Waals surface area contributed by atoms with E-state index in [1.165, 1.54) is 11.1 Å². The van der Waals surface area contributed by atoms with Crippen molar-refractivity contribution >= 4 is 15.9 Å². The highest BCUT2D eigenvalue weighted by Crippen LogP contribution is 2.19. The van der Waals surface area contributed by atoms with Crippen LogP contribution in [0.25, 0.3) is 0 Å². The molecule has 2 atom stereocenters. The molecule has 0 saturated carbocycles. The van der Waals surface area contributed by atoms with Gasteiger partial charge in [0.2, 0.25) is 0 Å². The fourth-order valence-electron chi connectivity index (χ4n) is 2.47. The van der Waals surface area contributed by atoms with E-state index >= 15 is 0 Å². The Balaban J connectivity index is 1.92. The highest BCUT2D eigenvalue weighted by atomic mass is 79.9. The molecule has 0 spiro atoms. The minimum atomic E-state index is 0.329. The van der Waals surface area contributed by atoms with Crippen LogP contribution in [0.2, 0.25) is 0 Å². The summed E-state index contributed by atoms with van der Waals surface area (Å²) in [5, 5.41) is 3.65. The van der Waals surface area contributed by atoms with Gasteiger partial charge in [0.05, 0.1) is 7.11 Å². The lowest BCUT2D eigenvalue weighted by Gasteiger charge is -2.21. The minimum Gasteiger partial charge on any atom is -0.497 e. The average Bonchev–Trinajstić information content (AvgIpc) is 2.48. The lowest BCUT2D eigenvalue weighted by atomic mass is 10.0. The summed E-state index contributed by atoms with van der Waals surface area (Å²) in [7, 11) is 1.69. The summed E-state index contributed by atoms with van der Waals surface area (Å²) in [6.45, 7) is 4.42. The number of methoxy groups -OCH3 is 1. The van der Waals surface area contributed by atoms with Crippen molar-refractivity contribution < 1.29 is 4.74 Å². The van der Waals surface area contributed by atoms with Gasteiger partial charge in [-0.15, -0.1) is 0 Å². The standard InChI is InChI=1S/C18H22BrNO/c1-13(11-15-7-9-18(21-3)10-8-15)20-14(2)16-5-4-6-17(19)12-16/h4-10,12-14,20H,11H2,1-3H3/t13?,14-/m0/s1.